The summed E-state index contributed by atoms with van der Waals surface area (Å²) in [5.41, 5.74) is -0.663. The van der Waals surface area contributed by atoms with Gasteiger partial charge in [0.1, 0.15) is 11.3 Å². The fourth-order valence-electron chi connectivity index (χ4n) is 1.67. The zero-order valence-electron chi connectivity index (χ0n) is 11.0. The van der Waals surface area contributed by atoms with Crippen LogP contribution >= 0.6 is 11.3 Å². The van der Waals surface area contributed by atoms with Crippen molar-refractivity contribution in [2.45, 2.75) is 25.8 Å². The van der Waals surface area contributed by atoms with Crippen LogP contribution in [0.1, 0.15) is 46.2 Å². The number of thiazole rings is 1. The molecule has 106 valence electrons. The van der Waals surface area contributed by atoms with Crippen molar-refractivity contribution >= 4 is 23.2 Å². The summed E-state index contributed by atoms with van der Waals surface area (Å²) in [5, 5.41) is 14.3. The molecule has 0 aliphatic carbocycles. The fourth-order valence-corrected chi connectivity index (χ4v) is 2.50. The van der Waals surface area contributed by atoms with Gasteiger partial charge in [-0.3, -0.25) is 4.79 Å². The minimum Gasteiger partial charge on any atom is -0.478 e. The predicted molar refractivity (Wildman–Crippen MR) is 72.9 cm³/mol. The fraction of sp³-hybridized carbons (Fsp3) is 0.308. The van der Waals surface area contributed by atoms with Gasteiger partial charge in [-0.1, -0.05) is 6.92 Å². The van der Waals surface area contributed by atoms with Crippen LogP contribution in [-0.4, -0.2) is 22.0 Å². The minimum absolute atomic E-state index is 0.0290. The highest BCUT2D eigenvalue weighted by Gasteiger charge is 2.30. The second kappa shape index (κ2) is 5.46. The van der Waals surface area contributed by atoms with Gasteiger partial charge in [0.05, 0.1) is 11.1 Å². The number of carbonyl (C=O) groups excluding carboxylic acids is 1. The summed E-state index contributed by atoms with van der Waals surface area (Å²) in [6.07, 6.45) is 3.37. The van der Waals surface area contributed by atoms with Crippen molar-refractivity contribution < 1.29 is 19.1 Å². The maximum atomic E-state index is 12.1. The Bertz CT molecular complexity index is 620. The van der Waals surface area contributed by atoms with E-state index in [9.17, 15) is 9.59 Å². The molecule has 0 aliphatic rings. The average Bonchev–Trinajstić information content (AvgIpc) is 3.09. The van der Waals surface area contributed by atoms with Gasteiger partial charge in [0, 0.05) is 17.6 Å². The topological polar surface area (TPSA) is 92.4 Å². The first-order chi connectivity index (χ1) is 9.46. The van der Waals surface area contributed by atoms with Crippen molar-refractivity contribution in [3.8, 4) is 0 Å². The van der Waals surface area contributed by atoms with Crippen LogP contribution < -0.4 is 5.32 Å². The molecule has 7 heteroatoms. The Hall–Kier alpha value is -2.15. The van der Waals surface area contributed by atoms with Gasteiger partial charge in [-0.25, -0.2) is 9.78 Å². The lowest BCUT2D eigenvalue weighted by atomic mass is 9.99. The lowest BCUT2D eigenvalue weighted by Gasteiger charge is -2.26. The SMILES string of the molecule is CCC(C)(NC(=O)c1cc(C(=O)O)co1)c1nccs1. The first kappa shape index (κ1) is 14.3. The molecular weight excluding hydrogens is 280 g/mol. The van der Waals surface area contributed by atoms with E-state index in [0.29, 0.717) is 6.42 Å². The molecule has 1 atom stereocenters. The number of nitrogens with one attached hydrogen (secondary N) is 1. The molecule has 0 saturated heterocycles. The van der Waals surface area contributed by atoms with Crippen LogP contribution in [0.15, 0.2) is 28.3 Å². The van der Waals surface area contributed by atoms with Gasteiger partial charge in [0.2, 0.25) is 0 Å². The highest BCUT2D eigenvalue weighted by Crippen LogP contribution is 2.26. The van der Waals surface area contributed by atoms with Crippen molar-refractivity contribution in [1.82, 2.24) is 10.3 Å². The number of carboxylic acid groups (broad SMARTS) is 1. The largest absolute Gasteiger partial charge is 0.478 e. The Kier molecular flexibility index (Phi) is 3.89. The van der Waals surface area contributed by atoms with Crippen LogP contribution in [0.5, 0.6) is 0 Å². The molecule has 0 spiro atoms. The smallest absolute Gasteiger partial charge is 0.338 e. The average molecular weight is 294 g/mol. The Balaban J connectivity index is 2.19. The van der Waals surface area contributed by atoms with E-state index in [2.05, 4.69) is 10.3 Å². The Morgan fingerprint density at radius 1 is 1.55 bits per heavy atom. The van der Waals surface area contributed by atoms with E-state index in [1.54, 1.807) is 6.20 Å². The number of carboxylic acids is 1. The predicted octanol–water partition coefficient (Wildman–Crippen LogP) is 2.49. The monoisotopic (exact) mass is 294 g/mol. The molecule has 2 aromatic heterocycles. The minimum atomic E-state index is -1.13. The molecule has 0 aliphatic heterocycles. The van der Waals surface area contributed by atoms with E-state index in [1.165, 1.54) is 17.4 Å². The van der Waals surface area contributed by atoms with Crippen molar-refractivity contribution in [2.75, 3.05) is 0 Å². The lowest BCUT2D eigenvalue weighted by molar-refractivity contribution is 0.0695. The Morgan fingerprint density at radius 2 is 2.30 bits per heavy atom. The third-order valence-corrected chi connectivity index (χ3v) is 4.11. The first-order valence-corrected chi connectivity index (χ1v) is 6.88. The molecule has 2 heterocycles. The molecule has 0 bridgehead atoms. The molecule has 0 aromatic carbocycles. The highest BCUT2D eigenvalue weighted by atomic mass is 32.1. The number of aromatic nitrogens is 1. The lowest BCUT2D eigenvalue weighted by Crippen LogP contribution is -2.42. The molecule has 2 aromatic rings. The molecule has 0 fully saturated rings. The van der Waals surface area contributed by atoms with E-state index in [0.717, 1.165) is 11.3 Å². The van der Waals surface area contributed by atoms with Crippen LogP contribution in [0.3, 0.4) is 0 Å². The second-order valence-electron chi connectivity index (χ2n) is 4.48. The van der Waals surface area contributed by atoms with E-state index in [4.69, 9.17) is 9.52 Å². The molecule has 2 N–H and O–H groups in total. The van der Waals surface area contributed by atoms with Crippen LogP contribution in [-0.2, 0) is 5.54 Å². The maximum Gasteiger partial charge on any atom is 0.338 e. The van der Waals surface area contributed by atoms with Crippen molar-refractivity contribution in [1.29, 1.82) is 0 Å². The summed E-state index contributed by atoms with van der Waals surface area (Å²) in [5.74, 6) is -1.62. The number of hydrogen-bond donors (Lipinski definition) is 2. The number of nitrogens with zero attached hydrogens (tertiary/aromatic N) is 1. The van der Waals surface area contributed by atoms with Gasteiger partial charge >= 0.3 is 5.97 Å². The quantitative estimate of drug-likeness (QED) is 0.883. The van der Waals surface area contributed by atoms with Gasteiger partial charge in [-0.2, -0.15) is 0 Å². The molecule has 6 nitrogen and oxygen atoms in total. The van der Waals surface area contributed by atoms with Crippen molar-refractivity contribution in [3.05, 3.63) is 40.2 Å². The van der Waals surface area contributed by atoms with Crippen molar-refractivity contribution in [3.63, 3.8) is 0 Å². The zero-order chi connectivity index (χ0) is 14.8. The van der Waals surface area contributed by atoms with Crippen molar-refractivity contribution in [2.24, 2.45) is 0 Å². The van der Waals surface area contributed by atoms with Crippen LogP contribution in [0, 0.1) is 0 Å². The maximum absolute atomic E-state index is 12.1. The summed E-state index contributed by atoms with van der Waals surface area (Å²) in [6, 6.07) is 1.20. The number of furan rings is 1. The molecule has 1 unspecified atom stereocenters. The summed E-state index contributed by atoms with van der Waals surface area (Å²) < 4.78 is 4.99. The van der Waals surface area contributed by atoms with Gasteiger partial charge in [-0.05, 0) is 13.3 Å². The van der Waals surface area contributed by atoms with E-state index >= 15 is 0 Å². The van der Waals surface area contributed by atoms with Crippen LogP contribution in [0.25, 0.3) is 0 Å². The molecule has 0 radical (unpaired) electrons. The third kappa shape index (κ3) is 2.72. The van der Waals surface area contributed by atoms with E-state index < -0.39 is 17.4 Å². The molecular formula is C13H14N2O4S. The number of rotatable bonds is 5. The van der Waals surface area contributed by atoms with E-state index in [-0.39, 0.29) is 11.3 Å². The number of hydrogen-bond acceptors (Lipinski definition) is 5. The van der Waals surface area contributed by atoms with Gasteiger partial charge in [-0.15, -0.1) is 11.3 Å². The number of amides is 1. The summed E-state index contributed by atoms with van der Waals surface area (Å²) >= 11 is 1.45. The second-order valence-corrected chi connectivity index (χ2v) is 5.38. The molecule has 1 amide bonds. The summed E-state index contributed by atoms with van der Waals surface area (Å²) in [7, 11) is 0. The van der Waals surface area contributed by atoms with Gasteiger partial charge < -0.3 is 14.8 Å². The number of aromatic carboxylic acids is 1. The normalized spacial score (nSPS) is 13.7. The Morgan fingerprint density at radius 3 is 2.80 bits per heavy atom. The first-order valence-electron chi connectivity index (χ1n) is 6.00. The number of carbonyl (C=O) groups is 2. The van der Waals surface area contributed by atoms with E-state index in [1.807, 2.05) is 19.2 Å². The molecule has 20 heavy (non-hydrogen) atoms. The summed E-state index contributed by atoms with van der Waals surface area (Å²) in [6.45, 7) is 3.80. The molecule has 2 rings (SSSR count). The van der Waals surface area contributed by atoms with Gasteiger partial charge in [0.25, 0.3) is 5.91 Å². The third-order valence-electron chi connectivity index (χ3n) is 3.07. The highest BCUT2D eigenvalue weighted by molar-refractivity contribution is 7.09. The standard InChI is InChI=1S/C13H14N2O4S/c1-3-13(2,12-14-4-5-20-12)15-10(16)9-6-8(7-19-9)11(17)18/h4-7H,3H2,1-2H3,(H,15,16)(H,17,18). The Labute approximate surface area is 119 Å². The zero-order valence-corrected chi connectivity index (χ0v) is 11.9. The van der Waals surface area contributed by atoms with Crippen LogP contribution in [0.4, 0.5) is 0 Å². The van der Waals surface area contributed by atoms with Gasteiger partial charge in [0.15, 0.2) is 5.76 Å². The molecule has 0 saturated carbocycles. The van der Waals surface area contributed by atoms with Crippen LogP contribution in [0.2, 0.25) is 0 Å². The summed E-state index contributed by atoms with van der Waals surface area (Å²) in [4.78, 5) is 27.1.